The number of piperidine rings is 1. The molecule has 100 valence electrons. The first-order chi connectivity index (χ1) is 8.54. The lowest BCUT2D eigenvalue weighted by Crippen LogP contribution is -2.48. The highest BCUT2D eigenvalue weighted by Gasteiger charge is 2.22. The average Bonchev–Trinajstić information content (AvgIpc) is 2.37. The van der Waals surface area contributed by atoms with Gasteiger partial charge in [-0.1, -0.05) is 20.8 Å². The van der Waals surface area contributed by atoms with Gasteiger partial charge in [0, 0.05) is 31.9 Å². The Hall–Kier alpha value is -1.16. The van der Waals surface area contributed by atoms with Crippen LogP contribution >= 0.6 is 0 Å². The first-order valence-corrected chi connectivity index (χ1v) is 6.81. The summed E-state index contributed by atoms with van der Waals surface area (Å²) >= 11 is 0. The fourth-order valence-electron chi connectivity index (χ4n) is 2.26. The molecule has 4 nitrogen and oxygen atoms in total. The second-order valence-electron chi connectivity index (χ2n) is 6.31. The second-order valence-corrected chi connectivity index (χ2v) is 6.31. The van der Waals surface area contributed by atoms with E-state index in [9.17, 15) is 0 Å². The van der Waals surface area contributed by atoms with Crippen LogP contribution in [-0.2, 0) is 0 Å². The summed E-state index contributed by atoms with van der Waals surface area (Å²) in [5.41, 5.74) is 0.342. The van der Waals surface area contributed by atoms with Gasteiger partial charge in [0.1, 0.15) is 0 Å². The Morgan fingerprint density at radius 2 is 2.28 bits per heavy atom. The topological polar surface area (TPSA) is 41.0 Å². The molecule has 1 aromatic heterocycles. The highest BCUT2D eigenvalue weighted by molar-refractivity contribution is 5.37. The largest absolute Gasteiger partial charge is 0.354 e. The van der Waals surface area contributed by atoms with Gasteiger partial charge < -0.3 is 10.2 Å². The molecule has 1 unspecified atom stereocenters. The van der Waals surface area contributed by atoms with Crippen molar-refractivity contribution in [2.75, 3.05) is 24.5 Å². The summed E-state index contributed by atoms with van der Waals surface area (Å²) in [7, 11) is 0. The van der Waals surface area contributed by atoms with E-state index in [4.69, 9.17) is 0 Å². The minimum absolute atomic E-state index is 0.342. The normalized spacial score (nSPS) is 21.1. The molecule has 2 rings (SSSR count). The van der Waals surface area contributed by atoms with Gasteiger partial charge in [-0.3, -0.25) is 0 Å². The van der Waals surface area contributed by atoms with Gasteiger partial charge in [0.2, 0.25) is 0 Å². The van der Waals surface area contributed by atoms with Crippen LogP contribution in [0.25, 0.3) is 0 Å². The van der Waals surface area contributed by atoms with Crippen LogP contribution in [0, 0.1) is 5.41 Å². The minimum atomic E-state index is 0.342. The number of rotatable bonds is 3. The molecule has 2 heterocycles. The van der Waals surface area contributed by atoms with Crippen molar-refractivity contribution >= 4 is 5.82 Å². The van der Waals surface area contributed by atoms with E-state index < -0.39 is 0 Å². The summed E-state index contributed by atoms with van der Waals surface area (Å²) in [4.78, 5) is 2.33. The number of hydrogen-bond acceptors (Lipinski definition) is 4. The summed E-state index contributed by atoms with van der Waals surface area (Å²) in [5.74, 6) is 1.000. The van der Waals surface area contributed by atoms with Gasteiger partial charge in [-0.05, 0) is 30.4 Å². The highest BCUT2D eigenvalue weighted by atomic mass is 15.3. The van der Waals surface area contributed by atoms with Crippen molar-refractivity contribution in [1.82, 2.24) is 15.5 Å². The summed E-state index contributed by atoms with van der Waals surface area (Å²) in [6.07, 6.45) is 4.20. The first kappa shape index (κ1) is 13.3. The van der Waals surface area contributed by atoms with Crippen molar-refractivity contribution in [3.8, 4) is 0 Å². The molecule has 4 heteroatoms. The Morgan fingerprint density at radius 1 is 1.44 bits per heavy atom. The number of hydrogen-bond donors (Lipinski definition) is 1. The third-order valence-corrected chi connectivity index (χ3v) is 3.22. The second kappa shape index (κ2) is 5.65. The molecule has 18 heavy (non-hydrogen) atoms. The van der Waals surface area contributed by atoms with Gasteiger partial charge >= 0.3 is 0 Å². The monoisotopic (exact) mass is 248 g/mol. The van der Waals surface area contributed by atoms with Crippen LogP contribution in [-0.4, -0.2) is 35.9 Å². The molecule has 0 saturated carbocycles. The molecule has 0 bridgehead atoms. The van der Waals surface area contributed by atoms with Crippen LogP contribution < -0.4 is 10.2 Å². The van der Waals surface area contributed by atoms with Crippen LogP contribution in [0.15, 0.2) is 18.3 Å². The van der Waals surface area contributed by atoms with E-state index in [1.165, 1.54) is 12.8 Å². The Bertz CT molecular complexity index is 358. The Morgan fingerprint density at radius 3 is 2.94 bits per heavy atom. The molecule has 0 radical (unpaired) electrons. The zero-order chi connectivity index (χ0) is 13.0. The smallest absolute Gasteiger partial charge is 0.151 e. The van der Waals surface area contributed by atoms with E-state index in [0.717, 1.165) is 25.5 Å². The fourth-order valence-corrected chi connectivity index (χ4v) is 2.26. The molecule has 1 atom stereocenters. The minimum Gasteiger partial charge on any atom is -0.354 e. The first-order valence-electron chi connectivity index (χ1n) is 6.81. The summed E-state index contributed by atoms with van der Waals surface area (Å²) < 4.78 is 0. The molecule has 1 saturated heterocycles. The quantitative estimate of drug-likeness (QED) is 0.889. The van der Waals surface area contributed by atoms with E-state index >= 15 is 0 Å². The number of nitrogens with zero attached hydrogens (tertiary/aromatic N) is 3. The molecule has 1 N–H and O–H groups in total. The predicted octanol–water partition coefficient (Wildman–Crippen LogP) is 2.08. The van der Waals surface area contributed by atoms with E-state index in [1.807, 2.05) is 12.1 Å². The molecular formula is C14H24N4. The third-order valence-electron chi connectivity index (χ3n) is 3.22. The SMILES string of the molecule is CC(C)(C)CNC1CCCN(c2cccnn2)C1. The molecule has 1 aliphatic rings. The Balaban J connectivity index is 1.89. The lowest BCUT2D eigenvalue weighted by Gasteiger charge is -2.35. The Kier molecular flexibility index (Phi) is 4.17. The van der Waals surface area contributed by atoms with Gasteiger partial charge in [0.05, 0.1) is 0 Å². The predicted molar refractivity (Wildman–Crippen MR) is 74.7 cm³/mol. The van der Waals surface area contributed by atoms with E-state index in [1.54, 1.807) is 6.20 Å². The molecular weight excluding hydrogens is 224 g/mol. The lowest BCUT2D eigenvalue weighted by atomic mass is 9.95. The maximum absolute atomic E-state index is 4.19. The zero-order valence-corrected chi connectivity index (χ0v) is 11.7. The maximum atomic E-state index is 4.19. The number of anilines is 1. The molecule has 1 aromatic rings. The molecule has 1 aliphatic heterocycles. The van der Waals surface area contributed by atoms with Gasteiger partial charge in [0.25, 0.3) is 0 Å². The van der Waals surface area contributed by atoms with Gasteiger partial charge in [-0.2, -0.15) is 5.10 Å². The van der Waals surface area contributed by atoms with E-state index in [2.05, 4.69) is 41.2 Å². The van der Waals surface area contributed by atoms with Crippen molar-refractivity contribution in [2.45, 2.75) is 39.7 Å². The van der Waals surface area contributed by atoms with Gasteiger partial charge in [-0.15, -0.1) is 5.10 Å². The van der Waals surface area contributed by atoms with Gasteiger partial charge in [0.15, 0.2) is 5.82 Å². The van der Waals surface area contributed by atoms with Crippen LogP contribution in [0.4, 0.5) is 5.82 Å². The van der Waals surface area contributed by atoms with E-state index in [0.29, 0.717) is 11.5 Å². The standard InChI is InChI=1S/C14H24N4/c1-14(2,3)11-15-12-6-5-9-18(10-12)13-7-4-8-16-17-13/h4,7-8,12,15H,5-6,9-11H2,1-3H3. The van der Waals surface area contributed by atoms with Crippen molar-refractivity contribution in [2.24, 2.45) is 5.41 Å². The third kappa shape index (κ3) is 3.95. The van der Waals surface area contributed by atoms with Crippen LogP contribution in [0.1, 0.15) is 33.6 Å². The van der Waals surface area contributed by atoms with E-state index in [-0.39, 0.29) is 0 Å². The summed E-state index contributed by atoms with van der Waals surface area (Å²) in [6, 6.07) is 4.56. The zero-order valence-electron chi connectivity index (χ0n) is 11.7. The van der Waals surface area contributed by atoms with Crippen molar-refractivity contribution in [3.05, 3.63) is 18.3 Å². The Labute approximate surface area is 110 Å². The van der Waals surface area contributed by atoms with Gasteiger partial charge in [-0.25, -0.2) is 0 Å². The molecule has 0 aliphatic carbocycles. The lowest BCUT2D eigenvalue weighted by molar-refractivity contribution is 0.328. The molecule has 0 aromatic carbocycles. The van der Waals surface area contributed by atoms with Crippen molar-refractivity contribution < 1.29 is 0 Å². The van der Waals surface area contributed by atoms with Crippen LogP contribution in [0.2, 0.25) is 0 Å². The molecule has 1 fully saturated rings. The fraction of sp³-hybridized carbons (Fsp3) is 0.714. The highest BCUT2D eigenvalue weighted by Crippen LogP contribution is 2.18. The summed E-state index contributed by atoms with van der Waals surface area (Å²) in [6.45, 7) is 9.99. The number of nitrogens with one attached hydrogen (secondary N) is 1. The van der Waals surface area contributed by atoms with Crippen LogP contribution in [0.3, 0.4) is 0 Å². The average molecular weight is 248 g/mol. The van der Waals surface area contributed by atoms with Crippen LogP contribution in [0.5, 0.6) is 0 Å². The van der Waals surface area contributed by atoms with Crippen molar-refractivity contribution in [1.29, 1.82) is 0 Å². The molecule has 0 amide bonds. The molecule has 0 spiro atoms. The van der Waals surface area contributed by atoms with Crippen molar-refractivity contribution in [3.63, 3.8) is 0 Å². The maximum Gasteiger partial charge on any atom is 0.151 e. The summed E-state index contributed by atoms with van der Waals surface area (Å²) in [5, 5.41) is 11.8. The number of aromatic nitrogens is 2.